The van der Waals surface area contributed by atoms with Crippen LogP contribution in [0.15, 0.2) is 22.8 Å². The smallest absolute Gasteiger partial charge is 0.222 e. The maximum Gasteiger partial charge on any atom is 0.222 e. The standard InChI is InChI=1S/C11H7BrFIN2O/c1-5(17)15-8-4-6-2-3-7(13)10(14)9(6)11(12)16-8/h2-4H,1H3,(H,15,16,17). The lowest BCUT2D eigenvalue weighted by Crippen LogP contribution is -2.07. The molecule has 3 nitrogen and oxygen atoms in total. The number of amides is 1. The Hall–Kier alpha value is -0.760. The van der Waals surface area contributed by atoms with Crippen LogP contribution in [-0.2, 0) is 4.79 Å². The van der Waals surface area contributed by atoms with Gasteiger partial charge in [0.2, 0.25) is 5.91 Å². The summed E-state index contributed by atoms with van der Waals surface area (Å²) < 4.78 is 14.4. The minimum atomic E-state index is -0.284. The number of nitrogens with zero attached hydrogens (tertiary/aromatic N) is 1. The van der Waals surface area contributed by atoms with Crippen molar-refractivity contribution in [2.24, 2.45) is 0 Å². The summed E-state index contributed by atoms with van der Waals surface area (Å²) in [4.78, 5) is 15.1. The highest BCUT2D eigenvalue weighted by Gasteiger charge is 2.11. The molecule has 1 N–H and O–H groups in total. The summed E-state index contributed by atoms with van der Waals surface area (Å²) in [7, 11) is 0. The molecule has 0 saturated heterocycles. The molecule has 2 aromatic rings. The van der Waals surface area contributed by atoms with E-state index < -0.39 is 0 Å². The van der Waals surface area contributed by atoms with Crippen molar-refractivity contribution in [1.29, 1.82) is 0 Å². The summed E-state index contributed by atoms with van der Waals surface area (Å²) in [5.74, 6) is -0.0345. The van der Waals surface area contributed by atoms with Crippen molar-refractivity contribution in [3.63, 3.8) is 0 Å². The van der Waals surface area contributed by atoms with Crippen molar-refractivity contribution in [2.45, 2.75) is 6.92 Å². The molecule has 0 saturated carbocycles. The summed E-state index contributed by atoms with van der Waals surface area (Å²) in [5, 5.41) is 4.12. The lowest BCUT2D eigenvalue weighted by atomic mass is 10.2. The molecule has 2 rings (SSSR count). The number of fused-ring (bicyclic) bond motifs is 1. The van der Waals surface area contributed by atoms with Crippen molar-refractivity contribution in [3.05, 3.63) is 32.2 Å². The zero-order chi connectivity index (χ0) is 12.6. The number of anilines is 1. The molecule has 0 atom stereocenters. The number of hydrogen-bond donors (Lipinski definition) is 1. The van der Waals surface area contributed by atoms with E-state index in [-0.39, 0.29) is 11.7 Å². The maximum atomic E-state index is 13.4. The van der Waals surface area contributed by atoms with E-state index in [4.69, 9.17) is 0 Å². The summed E-state index contributed by atoms with van der Waals surface area (Å²) >= 11 is 5.22. The number of nitrogens with one attached hydrogen (secondary N) is 1. The van der Waals surface area contributed by atoms with Crippen LogP contribution in [0.2, 0.25) is 0 Å². The van der Waals surface area contributed by atoms with Crippen molar-refractivity contribution in [1.82, 2.24) is 4.98 Å². The summed E-state index contributed by atoms with van der Waals surface area (Å²) in [6.45, 7) is 1.41. The van der Waals surface area contributed by atoms with Gasteiger partial charge in [0.25, 0.3) is 0 Å². The van der Waals surface area contributed by atoms with E-state index in [9.17, 15) is 9.18 Å². The third-order valence-electron chi connectivity index (χ3n) is 2.15. The molecule has 1 heterocycles. The fourth-order valence-electron chi connectivity index (χ4n) is 1.48. The second-order valence-electron chi connectivity index (χ2n) is 3.44. The van der Waals surface area contributed by atoms with E-state index in [0.717, 1.165) is 5.39 Å². The van der Waals surface area contributed by atoms with Crippen LogP contribution in [0, 0.1) is 9.39 Å². The molecule has 6 heteroatoms. The third-order valence-corrected chi connectivity index (χ3v) is 3.78. The highest BCUT2D eigenvalue weighted by atomic mass is 127. The van der Waals surface area contributed by atoms with Crippen LogP contribution in [0.4, 0.5) is 10.2 Å². The SMILES string of the molecule is CC(=O)Nc1cc2ccc(F)c(I)c2c(Br)n1. The average Bonchev–Trinajstić information content (AvgIpc) is 2.22. The Labute approximate surface area is 119 Å². The number of halogens is 3. The monoisotopic (exact) mass is 408 g/mol. The van der Waals surface area contributed by atoms with Gasteiger partial charge in [-0.2, -0.15) is 0 Å². The maximum absolute atomic E-state index is 13.4. The molecule has 0 aliphatic carbocycles. The van der Waals surface area contributed by atoms with Gasteiger partial charge in [-0.3, -0.25) is 4.79 Å². The molecule has 88 valence electrons. The molecule has 0 radical (unpaired) electrons. The van der Waals surface area contributed by atoms with E-state index in [0.29, 0.717) is 19.4 Å². The molecule has 17 heavy (non-hydrogen) atoms. The number of aromatic nitrogens is 1. The van der Waals surface area contributed by atoms with Crippen LogP contribution in [0.5, 0.6) is 0 Å². The van der Waals surface area contributed by atoms with Crippen molar-refractivity contribution < 1.29 is 9.18 Å². The quantitative estimate of drug-likeness (QED) is 0.577. The summed E-state index contributed by atoms with van der Waals surface area (Å²) in [5.41, 5.74) is 0. The Kier molecular flexibility index (Phi) is 3.62. The Morgan fingerprint density at radius 2 is 2.24 bits per heavy atom. The predicted molar refractivity (Wildman–Crippen MR) is 76.4 cm³/mol. The first-order valence-electron chi connectivity index (χ1n) is 4.71. The first-order valence-corrected chi connectivity index (χ1v) is 6.58. The Balaban J connectivity index is 2.68. The van der Waals surface area contributed by atoms with Gasteiger partial charge in [-0.25, -0.2) is 9.37 Å². The minimum Gasteiger partial charge on any atom is -0.311 e. The topological polar surface area (TPSA) is 42.0 Å². The van der Waals surface area contributed by atoms with Gasteiger partial charge < -0.3 is 5.32 Å². The molecular formula is C11H7BrFIN2O. The minimum absolute atomic E-state index is 0.194. The third kappa shape index (κ3) is 2.57. The van der Waals surface area contributed by atoms with Crippen molar-refractivity contribution in [2.75, 3.05) is 5.32 Å². The van der Waals surface area contributed by atoms with E-state index in [1.165, 1.54) is 13.0 Å². The fourth-order valence-corrected chi connectivity index (χ4v) is 3.22. The molecule has 1 aromatic carbocycles. The first-order chi connectivity index (χ1) is 7.99. The largest absolute Gasteiger partial charge is 0.311 e. The molecule has 1 amide bonds. The van der Waals surface area contributed by atoms with Gasteiger partial charge in [0.1, 0.15) is 16.2 Å². The van der Waals surface area contributed by atoms with Gasteiger partial charge in [0.05, 0.1) is 3.57 Å². The van der Waals surface area contributed by atoms with E-state index in [1.807, 2.05) is 22.6 Å². The average molecular weight is 409 g/mol. The van der Waals surface area contributed by atoms with Crippen LogP contribution in [0.25, 0.3) is 10.8 Å². The number of pyridine rings is 1. The van der Waals surface area contributed by atoms with E-state index in [1.54, 1.807) is 12.1 Å². The van der Waals surface area contributed by atoms with Gasteiger partial charge in [-0.15, -0.1) is 0 Å². The fraction of sp³-hybridized carbons (Fsp3) is 0.0909. The summed E-state index contributed by atoms with van der Waals surface area (Å²) in [6.07, 6.45) is 0. The van der Waals surface area contributed by atoms with Gasteiger partial charge in [0, 0.05) is 12.3 Å². The highest BCUT2D eigenvalue weighted by Crippen LogP contribution is 2.30. The van der Waals surface area contributed by atoms with Crippen molar-refractivity contribution >= 4 is 61.0 Å². The van der Waals surface area contributed by atoms with Crippen LogP contribution in [-0.4, -0.2) is 10.9 Å². The van der Waals surface area contributed by atoms with Crippen LogP contribution < -0.4 is 5.32 Å². The number of rotatable bonds is 1. The van der Waals surface area contributed by atoms with Crippen LogP contribution in [0.3, 0.4) is 0 Å². The molecule has 0 aliphatic heterocycles. The predicted octanol–water partition coefficient (Wildman–Crippen LogP) is 3.70. The highest BCUT2D eigenvalue weighted by molar-refractivity contribution is 14.1. The molecule has 0 fully saturated rings. The lowest BCUT2D eigenvalue weighted by molar-refractivity contribution is -0.114. The zero-order valence-electron chi connectivity index (χ0n) is 8.72. The van der Waals surface area contributed by atoms with E-state index >= 15 is 0 Å². The van der Waals surface area contributed by atoms with Crippen LogP contribution in [0.1, 0.15) is 6.92 Å². The molecule has 1 aromatic heterocycles. The Morgan fingerprint density at radius 1 is 1.53 bits per heavy atom. The second kappa shape index (κ2) is 4.85. The van der Waals surface area contributed by atoms with Crippen LogP contribution >= 0.6 is 38.5 Å². The zero-order valence-corrected chi connectivity index (χ0v) is 12.5. The van der Waals surface area contributed by atoms with Gasteiger partial charge in [0.15, 0.2) is 0 Å². The number of carbonyl (C=O) groups excluding carboxylic acids is 1. The molecule has 0 spiro atoms. The number of benzene rings is 1. The summed E-state index contributed by atoms with van der Waals surface area (Å²) in [6, 6.07) is 4.77. The Bertz CT molecular complexity index is 618. The molecular weight excluding hydrogens is 402 g/mol. The lowest BCUT2D eigenvalue weighted by Gasteiger charge is -2.07. The van der Waals surface area contributed by atoms with Gasteiger partial charge in [-0.05, 0) is 56.0 Å². The van der Waals surface area contributed by atoms with Crippen molar-refractivity contribution in [3.8, 4) is 0 Å². The number of hydrogen-bond acceptors (Lipinski definition) is 2. The normalized spacial score (nSPS) is 10.6. The molecule has 0 unspecified atom stereocenters. The molecule has 0 bridgehead atoms. The Morgan fingerprint density at radius 3 is 2.88 bits per heavy atom. The van der Waals surface area contributed by atoms with E-state index in [2.05, 4.69) is 26.2 Å². The number of carbonyl (C=O) groups is 1. The molecule has 0 aliphatic rings. The van der Waals surface area contributed by atoms with Gasteiger partial charge in [-0.1, -0.05) is 6.07 Å². The first kappa shape index (κ1) is 12.7. The van der Waals surface area contributed by atoms with Gasteiger partial charge >= 0.3 is 0 Å². The second-order valence-corrected chi connectivity index (χ2v) is 5.27.